The quantitative estimate of drug-likeness (QED) is 0.913. The lowest BCUT2D eigenvalue weighted by atomic mass is 10.2. The summed E-state index contributed by atoms with van der Waals surface area (Å²) in [7, 11) is 0. The van der Waals surface area contributed by atoms with Crippen molar-refractivity contribution in [1.82, 2.24) is 15.1 Å². The molecular weight excluding hydrogens is 238 g/mol. The van der Waals surface area contributed by atoms with Gasteiger partial charge in [0.15, 0.2) is 5.75 Å². The molecule has 1 aliphatic heterocycles. The van der Waals surface area contributed by atoms with Crippen molar-refractivity contribution in [2.45, 2.75) is 25.8 Å². The van der Waals surface area contributed by atoms with E-state index >= 15 is 0 Å². The molecule has 0 radical (unpaired) electrons. The zero-order valence-electron chi connectivity index (χ0n) is 11.2. The molecule has 0 spiro atoms. The van der Waals surface area contributed by atoms with E-state index < -0.39 is 0 Å². The van der Waals surface area contributed by atoms with Crippen LogP contribution in [0.5, 0.6) is 5.75 Å². The minimum absolute atomic E-state index is 0.488. The first kappa shape index (κ1) is 12.2. The molecule has 19 heavy (non-hydrogen) atoms. The number of aryl methyl sites for hydroxylation is 1. The highest BCUT2D eigenvalue weighted by Crippen LogP contribution is 2.17. The van der Waals surface area contributed by atoms with Crippen molar-refractivity contribution in [3.05, 3.63) is 42.2 Å². The Morgan fingerprint density at radius 3 is 3.11 bits per heavy atom. The smallest absolute Gasteiger partial charge is 0.157 e. The van der Waals surface area contributed by atoms with Crippen LogP contribution in [0.15, 0.2) is 36.7 Å². The highest BCUT2D eigenvalue weighted by molar-refractivity contribution is 5.40. The third kappa shape index (κ3) is 2.79. The van der Waals surface area contributed by atoms with E-state index in [0.29, 0.717) is 6.04 Å². The molecule has 0 saturated carbocycles. The highest BCUT2D eigenvalue weighted by atomic mass is 16.5. The monoisotopic (exact) mass is 257 g/mol. The molecule has 1 N–H and O–H groups in total. The Labute approximate surface area is 113 Å². The summed E-state index contributed by atoms with van der Waals surface area (Å²) in [6.07, 6.45) is 6.17. The second-order valence-electron chi connectivity index (χ2n) is 5.01. The van der Waals surface area contributed by atoms with Crippen molar-refractivity contribution in [2.75, 3.05) is 13.2 Å². The topological polar surface area (TPSA) is 39.1 Å². The van der Waals surface area contributed by atoms with Crippen LogP contribution in [0.25, 0.3) is 5.69 Å². The third-order valence-electron chi connectivity index (χ3n) is 3.53. The summed E-state index contributed by atoms with van der Waals surface area (Å²) in [5.74, 6) is 0.831. The Bertz CT molecular complexity index is 544. The molecule has 2 heterocycles. The average molecular weight is 257 g/mol. The summed E-state index contributed by atoms with van der Waals surface area (Å²) >= 11 is 0. The van der Waals surface area contributed by atoms with Crippen molar-refractivity contribution in [2.24, 2.45) is 0 Å². The van der Waals surface area contributed by atoms with Crippen molar-refractivity contribution >= 4 is 0 Å². The molecular formula is C15H19N3O. The maximum atomic E-state index is 5.79. The number of hydrogen-bond donors (Lipinski definition) is 1. The van der Waals surface area contributed by atoms with Crippen molar-refractivity contribution in [3.63, 3.8) is 0 Å². The average Bonchev–Trinajstić information content (AvgIpc) is 3.08. The molecule has 3 rings (SSSR count). The number of nitrogens with one attached hydrogen (secondary N) is 1. The van der Waals surface area contributed by atoms with E-state index in [1.807, 2.05) is 23.0 Å². The number of aromatic nitrogens is 2. The lowest BCUT2D eigenvalue weighted by Gasteiger charge is -2.10. The van der Waals surface area contributed by atoms with Gasteiger partial charge in [-0.2, -0.15) is 5.10 Å². The molecule has 1 aromatic carbocycles. The first-order chi connectivity index (χ1) is 9.33. The highest BCUT2D eigenvalue weighted by Gasteiger charge is 2.14. The van der Waals surface area contributed by atoms with E-state index in [1.54, 1.807) is 6.20 Å². The van der Waals surface area contributed by atoms with Gasteiger partial charge in [0.1, 0.15) is 6.61 Å². The molecule has 1 unspecified atom stereocenters. The van der Waals surface area contributed by atoms with Crippen molar-refractivity contribution < 1.29 is 4.74 Å². The molecule has 1 saturated heterocycles. The predicted octanol–water partition coefficient (Wildman–Crippen LogP) is 2.31. The molecule has 2 aromatic rings. The molecule has 0 amide bonds. The molecule has 1 aliphatic rings. The Morgan fingerprint density at radius 1 is 1.42 bits per heavy atom. The van der Waals surface area contributed by atoms with Crippen molar-refractivity contribution in [3.8, 4) is 11.4 Å². The number of hydrogen-bond acceptors (Lipinski definition) is 3. The molecule has 1 fully saturated rings. The normalized spacial score (nSPS) is 18.7. The van der Waals surface area contributed by atoms with Gasteiger partial charge >= 0.3 is 0 Å². The first-order valence-electron chi connectivity index (χ1n) is 6.80. The van der Waals surface area contributed by atoms with Crippen LogP contribution in [-0.2, 0) is 0 Å². The molecule has 4 heteroatoms. The largest absolute Gasteiger partial charge is 0.489 e. The van der Waals surface area contributed by atoms with Gasteiger partial charge in [-0.1, -0.05) is 18.2 Å². The molecule has 4 nitrogen and oxygen atoms in total. The summed E-state index contributed by atoms with van der Waals surface area (Å²) < 4.78 is 7.65. The van der Waals surface area contributed by atoms with Gasteiger partial charge in [0.25, 0.3) is 0 Å². The van der Waals surface area contributed by atoms with Crippen LogP contribution in [0, 0.1) is 6.92 Å². The number of nitrogens with zero attached hydrogens (tertiary/aromatic N) is 2. The first-order valence-corrected chi connectivity index (χ1v) is 6.80. The fraction of sp³-hybridized carbons (Fsp3) is 0.400. The lowest BCUT2D eigenvalue weighted by molar-refractivity contribution is 0.277. The van der Waals surface area contributed by atoms with E-state index in [4.69, 9.17) is 4.74 Å². The minimum Gasteiger partial charge on any atom is -0.489 e. The maximum Gasteiger partial charge on any atom is 0.157 e. The molecule has 1 atom stereocenters. The van der Waals surface area contributed by atoms with E-state index in [2.05, 4.69) is 29.5 Å². The summed E-state index contributed by atoms with van der Waals surface area (Å²) in [4.78, 5) is 0. The van der Waals surface area contributed by atoms with Gasteiger partial charge in [0, 0.05) is 6.04 Å². The zero-order valence-corrected chi connectivity index (χ0v) is 11.2. The zero-order chi connectivity index (χ0) is 13.1. The van der Waals surface area contributed by atoms with Gasteiger partial charge in [-0.15, -0.1) is 0 Å². The van der Waals surface area contributed by atoms with Crippen LogP contribution >= 0.6 is 0 Å². The summed E-state index contributed by atoms with van der Waals surface area (Å²) in [6, 6.07) is 8.69. The number of benzene rings is 1. The van der Waals surface area contributed by atoms with Gasteiger partial charge in [0.05, 0.1) is 18.1 Å². The van der Waals surface area contributed by atoms with Crippen LogP contribution in [0.1, 0.15) is 18.4 Å². The van der Waals surface area contributed by atoms with Crippen LogP contribution < -0.4 is 10.1 Å². The van der Waals surface area contributed by atoms with Crippen molar-refractivity contribution in [1.29, 1.82) is 0 Å². The third-order valence-corrected chi connectivity index (χ3v) is 3.53. The van der Waals surface area contributed by atoms with E-state index in [1.165, 1.54) is 18.4 Å². The fourth-order valence-corrected chi connectivity index (χ4v) is 2.43. The number of para-hydroxylation sites is 1. The van der Waals surface area contributed by atoms with Gasteiger partial charge in [-0.3, -0.25) is 0 Å². The Morgan fingerprint density at radius 2 is 2.32 bits per heavy atom. The van der Waals surface area contributed by atoms with Crippen LogP contribution in [0.3, 0.4) is 0 Å². The fourth-order valence-electron chi connectivity index (χ4n) is 2.43. The van der Waals surface area contributed by atoms with Crippen LogP contribution in [0.4, 0.5) is 0 Å². The maximum absolute atomic E-state index is 5.79. The summed E-state index contributed by atoms with van der Waals surface area (Å²) in [5.41, 5.74) is 2.30. The van der Waals surface area contributed by atoms with E-state index in [9.17, 15) is 0 Å². The van der Waals surface area contributed by atoms with E-state index in [-0.39, 0.29) is 0 Å². The number of ether oxygens (including phenoxy) is 1. The summed E-state index contributed by atoms with van der Waals surface area (Å²) in [6.45, 7) is 3.91. The standard InChI is InChI=1S/C15H19N3O/c1-12-5-2-3-7-15(12)18-10-14(9-17-18)19-11-13-6-4-8-16-13/h2-3,5,7,9-10,13,16H,4,6,8,11H2,1H3. The van der Waals surface area contributed by atoms with Crippen LogP contribution in [0.2, 0.25) is 0 Å². The van der Waals surface area contributed by atoms with E-state index in [0.717, 1.165) is 24.6 Å². The predicted molar refractivity (Wildman–Crippen MR) is 74.8 cm³/mol. The van der Waals surface area contributed by atoms with Gasteiger partial charge in [-0.05, 0) is 37.9 Å². The molecule has 0 bridgehead atoms. The Kier molecular flexibility index (Phi) is 3.51. The van der Waals surface area contributed by atoms with Gasteiger partial charge in [0.2, 0.25) is 0 Å². The molecule has 1 aromatic heterocycles. The SMILES string of the molecule is Cc1ccccc1-n1cc(OCC2CCCN2)cn1. The second kappa shape index (κ2) is 5.45. The Balaban J connectivity index is 1.67. The second-order valence-corrected chi connectivity index (χ2v) is 5.01. The minimum atomic E-state index is 0.488. The van der Waals surface area contributed by atoms with Gasteiger partial charge < -0.3 is 10.1 Å². The summed E-state index contributed by atoms with van der Waals surface area (Å²) in [5, 5.41) is 7.79. The lowest BCUT2D eigenvalue weighted by Crippen LogP contribution is -2.28. The number of rotatable bonds is 4. The Hall–Kier alpha value is -1.81. The van der Waals surface area contributed by atoms with Crippen LogP contribution in [-0.4, -0.2) is 29.0 Å². The van der Waals surface area contributed by atoms with Gasteiger partial charge in [-0.25, -0.2) is 4.68 Å². The molecule has 0 aliphatic carbocycles. The molecule has 100 valence electrons.